The molecule has 0 aromatic heterocycles. The molecule has 18 heavy (non-hydrogen) atoms. The molecule has 1 aliphatic rings. The van der Waals surface area contributed by atoms with Gasteiger partial charge in [0.25, 0.3) is 0 Å². The molecule has 2 N–H and O–H groups in total. The van der Waals surface area contributed by atoms with Gasteiger partial charge in [-0.2, -0.15) is 0 Å². The number of nitrogens with one attached hydrogen (secondary N) is 1. The van der Waals surface area contributed by atoms with Crippen molar-refractivity contribution >= 4 is 11.7 Å². The number of nitrogens with zero attached hydrogens (tertiary/aromatic N) is 1. The summed E-state index contributed by atoms with van der Waals surface area (Å²) in [6, 6.07) is 9.88. The molecular formula is C14H20N2O2. The number of para-hydroxylation sites is 1. The van der Waals surface area contributed by atoms with Gasteiger partial charge < -0.3 is 15.3 Å². The zero-order valence-corrected chi connectivity index (χ0v) is 10.5. The summed E-state index contributed by atoms with van der Waals surface area (Å²) in [4.78, 5) is 14.0. The summed E-state index contributed by atoms with van der Waals surface area (Å²) in [7, 11) is 0. The Morgan fingerprint density at radius 1 is 1.28 bits per heavy atom. The first-order valence-electron chi connectivity index (χ1n) is 6.55. The van der Waals surface area contributed by atoms with E-state index in [0.717, 1.165) is 37.9 Å². The van der Waals surface area contributed by atoms with Crippen LogP contribution in [0.15, 0.2) is 30.3 Å². The summed E-state index contributed by atoms with van der Waals surface area (Å²) >= 11 is 0. The Morgan fingerprint density at radius 2 is 2.00 bits per heavy atom. The zero-order valence-electron chi connectivity index (χ0n) is 10.5. The van der Waals surface area contributed by atoms with Crippen LogP contribution in [0.5, 0.6) is 0 Å². The summed E-state index contributed by atoms with van der Waals surface area (Å²) in [5, 5.41) is 11.7. The Balaban J connectivity index is 1.87. The molecular weight excluding hydrogens is 228 g/mol. The quantitative estimate of drug-likeness (QED) is 0.760. The Labute approximate surface area is 108 Å². The van der Waals surface area contributed by atoms with Crippen LogP contribution in [0.25, 0.3) is 0 Å². The van der Waals surface area contributed by atoms with E-state index in [9.17, 15) is 4.79 Å². The van der Waals surface area contributed by atoms with Crippen molar-refractivity contribution in [3.63, 3.8) is 0 Å². The highest BCUT2D eigenvalue weighted by Crippen LogP contribution is 2.27. The van der Waals surface area contributed by atoms with E-state index in [1.165, 1.54) is 0 Å². The van der Waals surface area contributed by atoms with Crippen molar-refractivity contribution in [3.05, 3.63) is 30.3 Å². The number of carbonyl (C=O) groups is 1. The summed E-state index contributed by atoms with van der Waals surface area (Å²) in [6.45, 7) is 0.919. The minimum absolute atomic E-state index is 0.0263. The predicted molar refractivity (Wildman–Crippen MR) is 71.5 cm³/mol. The normalized spacial score (nSPS) is 14.3. The van der Waals surface area contributed by atoms with E-state index in [1.807, 2.05) is 35.2 Å². The number of urea groups is 1. The van der Waals surface area contributed by atoms with Crippen LogP contribution in [0.1, 0.15) is 25.7 Å². The molecule has 0 heterocycles. The van der Waals surface area contributed by atoms with Gasteiger partial charge in [0.05, 0.1) is 0 Å². The van der Waals surface area contributed by atoms with Crippen LogP contribution >= 0.6 is 0 Å². The van der Waals surface area contributed by atoms with Gasteiger partial charge in [0.2, 0.25) is 0 Å². The van der Waals surface area contributed by atoms with Gasteiger partial charge in [-0.15, -0.1) is 0 Å². The average Bonchev–Trinajstić information content (AvgIpc) is 3.20. The van der Waals surface area contributed by atoms with Crippen LogP contribution in [0, 0.1) is 0 Å². The maximum absolute atomic E-state index is 12.1. The van der Waals surface area contributed by atoms with Crippen LogP contribution in [-0.4, -0.2) is 35.2 Å². The maximum atomic E-state index is 12.1. The number of aliphatic hydroxyl groups excluding tert-OH is 1. The zero-order chi connectivity index (χ0) is 12.8. The smallest absolute Gasteiger partial charge is 0.322 e. The molecule has 2 rings (SSSR count). The number of carbonyl (C=O) groups excluding carboxylic acids is 1. The number of anilines is 1. The van der Waals surface area contributed by atoms with Gasteiger partial charge in [0.15, 0.2) is 0 Å². The number of unbranched alkanes of at least 4 members (excludes halogenated alkanes) is 1. The number of rotatable bonds is 6. The SMILES string of the molecule is O=C(Nc1ccccc1)N(CCCCO)C1CC1. The second-order valence-corrected chi connectivity index (χ2v) is 4.65. The molecule has 4 nitrogen and oxygen atoms in total. The van der Waals surface area contributed by atoms with Crippen LogP contribution in [0.2, 0.25) is 0 Å². The van der Waals surface area contributed by atoms with E-state index >= 15 is 0 Å². The van der Waals surface area contributed by atoms with Crippen molar-refractivity contribution in [3.8, 4) is 0 Å². The lowest BCUT2D eigenvalue weighted by molar-refractivity contribution is 0.204. The lowest BCUT2D eigenvalue weighted by Gasteiger charge is -2.22. The first-order chi connectivity index (χ1) is 8.81. The van der Waals surface area contributed by atoms with Crippen molar-refractivity contribution < 1.29 is 9.90 Å². The highest BCUT2D eigenvalue weighted by atomic mass is 16.3. The van der Waals surface area contributed by atoms with Gasteiger partial charge in [-0.05, 0) is 37.8 Å². The number of aliphatic hydroxyl groups is 1. The third kappa shape index (κ3) is 3.74. The molecule has 98 valence electrons. The molecule has 0 spiro atoms. The molecule has 0 radical (unpaired) electrons. The molecule has 1 aliphatic carbocycles. The van der Waals surface area contributed by atoms with Crippen molar-refractivity contribution in [1.29, 1.82) is 0 Å². The Morgan fingerprint density at radius 3 is 2.61 bits per heavy atom. The molecule has 1 aromatic carbocycles. The first-order valence-corrected chi connectivity index (χ1v) is 6.55. The van der Waals surface area contributed by atoms with Gasteiger partial charge in [0.1, 0.15) is 0 Å². The van der Waals surface area contributed by atoms with E-state index in [2.05, 4.69) is 5.32 Å². The summed E-state index contributed by atoms with van der Waals surface area (Å²) in [6.07, 6.45) is 3.81. The standard InChI is InChI=1S/C14H20N2O2/c17-11-5-4-10-16(13-8-9-13)14(18)15-12-6-2-1-3-7-12/h1-3,6-7,13,17H,4-5,8-11H2,(H,15,18). The topological polar surface area (TPSA) is 52.6 Å². The van der Waals surface area contributed by atoms with Crippen LogP contribution in [0.3, 0.4) is 0 Å². The number of amides is 2. The van der Waals surface area contributed by atoms with E-state index in [1.54, 1.807) is 0 Å². The number of hydrogen-bond donors (Lipinski definition) is 2. The second-order valence-electron chi connectivity index (χ2n) is 4.65. The van der Waals surface area contributed by atoms with E-state index in [-0.39, 0.29) is 12.6 Å². The van der Waals surface area contributed by atoms with E-state index in [0.29, 0.717) is 6.04 Å². The van der Waals surface area contributed by atoms with Gasteiger partial charge in [0, 0.05) is 24.9 Å². The predicted octanol–water partition coefficient (Wildman–Crippen LogP) is 2.46. The molecule has 2 amide bonds. The Hall–Kier alpha value is -1.55. The van der Waals surface area contributed by atoms with Gasteiger partial charge in [-0.1, -0.05) is 18.2 Å². The van der Waals surface area contributed by atoms with Crippen molar-refractivity contribution in [2.75, 3.05) is 18.5 Å². The van der Waals surface area contributed by atoms with Crippen molar-refractivity contribution in [2.24, 2.45) is 0 Å². The monoisotopic (exact) mass is 248 g/mol. The first kappa shape index (κ1) is 12.9. The summed E-state index contributed by atoms with van der Waals surface area (Å²) in [5.41, 5.74) is 0.829. The maximum Gasteiger partial charge on any atom is 0.322 e. The molecule has 0 aliphatic heterocycles. The third-order valence-electron chi connectivity index (χ3n) is 3.08. The summed E-state index contributed by atoms with van der Waals surface area (Å²) in [5.74, 6) is 0. The fourth-order valence-electron chi connectivity index (χ4n) is 1.95. The fraction of sp³-hybridized carbons (Fsp3) is 0.500. The second kappa shape index (κ2) is 6.40. The van der Waals surface area contributed by atoms with Crippen LogP contribution in [-0.2, 0) is 0 Å². The Bertz CT molecular complexity index is 377. The molecule has 1 fully saturated rings. The minimum atomic E-state index is -0.0263. The molecule has 1 aromatic rings. The van der Waals surface area contributed by atoms with Gasteiger partial charge in [-0.3, -0.25) is 0 Å². The highest BCUT2D eigenvalue weighted by Gasteiger charge is 2.32. The van der Waals surface area contributed by atoms with Crippen LogP contribution < -0.4 is 5.32 Å². The number of hydrogen-bond acceptors (Lipinski definition) is 2. The molecule has 0 unspecified atom stereocenters. The lowest BCUT2D eigenvalue weighted by atomic mass is 10.3. The van der Waals surface area contributed by atoms with E-state index in [4.69, 9.17) is 5.11 Å². The molecule has 0 atom stereocenters. The Kier molecular flexibility index (Phi) is 4.59. The summed E-state index contributed by atoms with van der Waals surface area (Å²) < 4.78 is 0. The molecule has 0 saturated heterocycles. The highest BCUT2D eigenvalue weighted by molar-refractivity contribution is 5.89. The van der Waals surface area contributed by atoms with Gasteiger partial charge >= 0.3 is 6.03 Å². The molecule has 0 bridgehead atoms. The van der Waals surface area contributed by atoms with Crippen molar-refractivity contribution in [1.82, 2.24) is 4.90 Å². The number of benzene rings is 1. The molecule has 1 saturated carbocycles. The van der Waals surface area contributed by atoms with Gasteiger partial charge in [-0.25, -0.2) is 4.79 Å². The third-order valence-corrected chi connectivity index (χ3v) is 3.08. The fourth-order valence-corrected chi connectivity index (χ4v) is 1.95. The van der Waals surface area contributed by atoms with Crippen LogP contribution in [0.4, 0.5) is 10.5 Å². The van der Waals surface area contributed by atoms with Crippen molar-refractivity contribution in [2.45, 2.75) is 31.7 Å². The minimum Gasteiger partial charge on any atom is -0.396 e. The molecule has 4 heteroatoms. The largest absolute Gasteiger partial charge is 0.396 e. The lowest BCUT2D eigenvalue weighted by Crippen LogP contribution is -2.37. The average molecular weight is 248 g/mol. The van der Waals surface area contributed by atoms with E-state index < -0.39 is 0 Å².